The van der Waals surface area contributed by atoms with Crippen LogP contribution in [-0.2, 0) is 9.59 Å². The molecule has 0 aromatic heterocycles. The smallest absolute Gasteiger partial charge is 0.262 e. The lowest BCUT2D eigenvalue weighted by molar-refractivity contribution is -0.118. The maximum absolute atomic E-state index is 12.2. The van der Waals surface area contributed by atoms with E-state index in [2.05, 4.69) is 26.6 Å². The van der Waals surface area contributed by atoms with Gasteiger partial charge in [-0.2, -0.15) is 0 Å². The maximum atomic E-state index is 12.2. The molecule has 3 aromatic rings. The van der Waals surface area contributed by atoms with Crippen LogP contribution in [0.25, 0.3) is 10.8 Å². The minimum atomic E-state index is -0.317. The zero-order valence-electron chi connectivity index (χ0n) is 14.1. The van der Waals surface area contributed by atoms with Gasteiger partial charge in [-0.3, -0.25) is 9.59 Å². The van der Waals surface area contributed by atoms with Gasteiger partial charge in [0.2, 0.25) is 5.91 Å². The van der Waals surface area contributed by atoms with Crippen LogP contribution in [0.2, 0.25) is 0 Å². The van der Waals surface area contributed by atoms with E-state index in [-0.39, 0.29) is 18.4 Å². The van der Waals surface area contributed by atoms with Crippen LogP contribution in [-0.4, -0.2) is 18.4 Å². The van der Waals surface area contributed by atoms with Crippen LogP contribution in [0.3, 0.4) is 0 Å². The molecule has 0 spiro atoms. The SMILES string of the molecule is CC(=O)Nc1ccccc1NC(=O)COc1ccc2ccccc2c1Br. The Hall–Kier alpha value is -2.86. The third kappa shape index (κ3) is 4.21. The standard InChI is InChI=1S/C20H17BrN2O3/c1-13(24)22-16-8-4-5-9-17(16)23-19(25)12-26-18-11-10-14-6-2-3-7-15(14)20(18)21/h2-11H,12H2,1H3,(H,22,24)(H,23,25). The number of anilines is 2. The van der Waals surface area contributed by atoms with E-state index in [1.165, 1.54) is 6.92 Å². The Morgan fingerprint density at radius 1 is 0.923 bits per heavy atom. The molecular weight excluding hydrogens is 396 g/mol. The normalized spacial score (nSPS) is 10.4. The molecule has 26 heavy (non-hydrogen) atoms. The molecule has 0 saturated carbocycles. The van der Waals surface area contributed by atoms with Crippen LogP contribution >= 0.6 is 15.9 Å². The minimum absolute atomic E-state index is 0.147. The number of benzene rings is 3. The molecule has 0 atom stereocenters. The Morgan fingerprint density at radius 3 is 2.31 bits per heavy atom. The fraction of sp³-hybridized carbons (Fsp3) is 0.100. The number of carbonyl (C=O) groups excluding carboxylic acids is 2. The molecule has 0 aliphatic rings. The van der Waals surface area contributed by atoms with E-state index in [0.29, 0.717) is 17.1 Å². The number of halogens is 1. The van der Waals surface area contributed by atoms with E-state index in [0.717, 1.165) is 15.2 Å². The molecule has 6 heteroatoms. The number of ether oxygens (including phenoxy) is 1. The molecule has 0 aliphatic carbocycles. The van der Waals surface area contributed by atoms with E-state index in [4.69, 9.17) is 4.74 Å². The number of hydrogen-bond acceptors (Lipinski definition) is 3. The lowest BCUT2D eigenvalue weighted by atomic mass is 10.1. The number of rotatable bonds is 5. The van der Waals surface area contributed by atoms with Crippen molar-refractivity contribution in [3.63, 3.8) is 0 Å². The van der Waals surface area contributed by atoms with Crippen molar-refractivity contribution in [1.82, 2.24) is 0 Å². The Bertz CT molecular complexity index is 972. The molecule has 3 aromatic carbocycles. The van der Waals surface area contributed by atoms with E-state index < -0.39 is 0 Å². The molecule has 3 rings (SSSR count). The maximum Gasteiger partial charge on any atom is 0.262 e. The van der Waals surface area contributed by atoms with Gasteiger partial charge in [0.1, 0.15) is 5.75 Å². The highest BCUT2D eigenvalue weighted by molar-refractivity contribution is 9.10. The second kappa shape index (κ2) is 8.01. The van der Waals surface area contributed by atoms with Gasteiger partial charge in [-0.15, -0.1) is 0 Å². The average Bonchev–Trinajstić information content (AvgIpc) is 2.63. The summed E-state index contributed by atoms with van der Waals surface area (Å²) in [6, 6.07) is 18.7. The highest BCUT2D eigenvalue weighted by Gasteiger charge is 2.11. The minimum Gasteiger partial charge on any atom is -0.483 e. The number of hydrogen-bond donors (Lipinski definition) is 2. The number of amides is 2. The van der Waals surface area contributed by atoms with Gasteiger partial charge >= 0.3 is 0 Å². The highest BCUT2D eigenvalue weighted by atomic mass is 79.9. The van der Waals surface area contributed by atoms with Crippen molar-refractivity contribution >= 4 is 49.9 Å². The third-order valence-electron chi connectivity index (χ3n) is 3.70. The van der Waals surface area contributed by atoms with E-state index >= 15 is 0 Å². The molecule has 0 heterocycles. The molecule has 0 radical (unpaired) electrons. The molecule has 2 amide bonds. The first-order valence-corrected chi connectivity index (χ1v) is 8.80. The lowest BCUT2D eigenvalue weighted by Crippen LogP contribution is -2.21. The molecule has 0 unspecified atom stereocenters. The van der Waals surface area contributed by atoms with Crippen molar-refractivity contribution in [2.45, 2.75) is 6.92 Å². The van der Waals surface area contributed by atoms with Crippen LogP contribution in [0.1, 0.15) is 6.92 Å². The van der Waals surface area contributed by atoms with Crippen LogP contribution in [0.4, 0.5) is 11.4 Å². The summed E-state index contributed by atoms with van der Waals surface area (Å²) in [6.07, 6.45) is 0. The summed E-state index contributed by atoms with van der Waals surface area (Å²) in [5.74, 6) is 0.0694. The number of carbonyl (C=O) groups is 2. The molecule has 0 bridgehead atoms. The predicted molar refractivity (Wildman–Crippen MR) is 107 cm³/mol. The summed E-state index contributed by atoms with van der Waals surface area (Å²) in [7, 11) is 0. The topological polar surface area (TPSA) is 67.4 Å². The summed E-state index contributed by atoms with van der Waals surface area (Å²) in [5.41, 5.74) is 1.06. The first-order valence-electron chi connectivity index (χ1n) is 8.01. The zero-order chi connectivity index (χ0) is 18.5. The van der Waals surface area contributed by atoms with Gasteiger partial charge in [-0.25, -0.2) is 0 Å². The van der Waals surface area contributed by atoms with Gasteiger partial charge in [0.15, 0.2) is 6.61 Å². The molecule has 132 valence electrons. The number of para-hydroxylation sites is 2. The van der Waals surface area contributed by atoms with Crippen molar-refractivity contribution in [2.75, 3.05) is 17.2 Å². The van der Waals surface area contributed by atoms with Gasteiger partial charge in [0.25, 0.3) is 5.91 Å². The van der Waals surface area contributed by atoms with Gasteiger partial charge in [0, 0.05) is 6.92 Å². The molecule has 5 nitrogen and oxygen atoms in total. The van der Waals surface area contributed by atoms with Crippen molar-refractivity contribution in [2.24, 2.45) is 0 Å². The summed E-state index contributed by atoms with van der Waals surface area (Å²) >= 11 is 3.53. The summed E-state index contributed by atoms with van der Waals surface area (Å²) in [5, 5.41) is 7.53. The van der Waals surface area contributed by atoms with Crippen molar-refractivity contribution in [1.29, 1.82) is 0 Å². The molecule has 0 fully saturated rings. The van der Waals surface area contributed by atoms with Crippen LogP contribution in [0.15, 0.2) is 65.1 Å². The average molecular weight is 413 g/mol. The van der Waals surface area contributed by atoms with Gasteiger partial charge in [-0.05, 0) is 44.9 Å². The van der Waals surface area contributed by atoms with Crippen LogP contribution in [0.5, 0.6) is 5.75 Å². The molecule has 2 N–H and O–H groups in total. The largest absolute Gasteiger partial charge is 0.483 e. The molecule has 0 aliphatic heterocycles. The van der Waals surface area contributed by atoms with E-state index in [1.807, 2.05) is 36.4 Å². The fourth-order valence-electron chi connectivity index (χ4n) is 2.55. The zero-order valence-corrected chi connectivity index (χ0v) is 15.7. The summed E-state index contributed by atoms with van der Waals surface area (Å²) in [4.78, 5) is 23.5. The van der Waals surface area contributed by atoms with Crippen LogP contribution in [0, 0.1) is 0 Å². The predicted octanol–water partition coefficient (Wildman–Crippen LogP) is 4.58. The number of fused-ring (bicyclic) bond motifs is 1. The summed E-state index contributed by atoms with van der Waals surface area (Å²) in [6.45, 7) is 1.27. The van der Waals surface area contributed by atoms with Crippen molar-refractivity contribution in [3.05, 3.63) is 65.1 Å². The van der Waals surface area contributed by atoms with Crippen molar-refractivity contribution in [3.8, 4) is 5.75 Å². The Morgan fingerprint density at radius 2 is 1.58 bits per heavy atom. The van der Waals surface area contributed by atoms with Gasteiger partial charge in [-0.1, -0.05) is 42.5 Å². The van der Waals surface area contributed by atoms with E-state index in [1.54, 1.807) is 24.3 Å². The van der Waals surface area contributed by atoms with Gasteiger partial charge in [0.05, 0.1) is 15.8 Å². The Balaban J connectivity index is 1.68. The molecule has 0 saturated heterocycles. The molecular formula is C20H17BrN2O3. The summed E-state index contributed by atoms with van der Waals surface area (Å²) < 4.78 is 6.46. The van der Waals surface area contributed by atoms with Gasteiger partial charge < -0.3 is 15.4 Å². The fourth-order valence-corrected chi connectivity index (χ4v) is 3.15. The highest BCUT2D eigenvalue weighted by Crippen LogP contribution is 2.33. The first-order chi connectivity index (χ1) is 12.5. The van der Waals surface area contributed by atoms with Crippen LogP contribution < -0.4 is 15.4 Å². The third-order valence-corrected chi connectivity index (χ3v) is 4.52. The second-order valence-corrected chi connectivity index (χ2v) is 6.46. The lowest BCUT2D eigenvalue weighted by Gasteiger charge is -2.13. The first kappa shape index (κ1) is 17.9. The van der Waals surface area contributed by atoms with Crippen molar-refractivity contribution < 1.29 is 14.3 Å². The number of nitrogens with one attached hydrogen (secondary N) is 2. The monoisotopic (exact) mass is 412 g/mol. The Kier molecular flexibility index (Phi) is 5.53. The quantitative estimate of drug-likeness (QED) is 0.644. The van der Waals surface area contributed by atoms with E-state index in [9.17, 15) is 9.59 Å². The second-order valence-electron chi connectivity index (χ2n) is 5.66. The Labute approximate surface area is 159 Å².